The van der Waals surface area contributed by atoms with Gasteiger partial charge in [0, 0.05) is 14.6 Å². The number of benzene rings is 2. The third-order valence-corrected chi connectivity index (χ3v) is 4.71. The maximum atomic E-state index is 14.0. The van der Waals surface area contributed by atoms with Gasteiger partial charge in [0.15, 0.2) is 22.4 Å². The minimum atomic E-state index is -0.867. The standard InChI is InChI=1S/C17H11BrF2O3S/c1-2-22-16(21)14-10-5-3-4-6-13(10)24-17(14)23-15-11(19)7-9(18)8-12(15)20/h3-8H,2H2,1H3. The molecule has 2 aromatic carbocycles. The predicted octanol–water partition coefficient (Wildman–Crippen LogP) is 5.91. The van der Waals surface area contributed by atoms with Crippen LogP contribution in [0.25, 0.3) is 10.1 Å². The molecule has 0 bridgehead atoms. The van der Waals surface area contributed by atoms with E-state index in [0.29, 0.717) is 5.39 Å². The highest BCUT2D eigenvalue weighted by molar-refractivity contribution is 9.10. The van der Waals surface area contributed by atoms with E-state index in [2.05, 4.69) is 15.9 Å². The molecule has 24 heavy (non-hydrogen) atoms. The van der Waals surface area contributed by atoms with Crippen LogP contribution in [-0.2, 0) is 4.74 Å². The van der Waals surface area contributed by atoms with Gasteiger partial charge in [-0.15, -0.1) is 0 Å². The van der Waals surface area contributed by atoms with Crippen molar-refractivity contribution in [3.05, 3.63) is 58.1 Å². The van der Waals surface area contributed by atoms with E-state index in [-0.39, 0.29) is 21.7 Å². The maximum absolute atomic E-state index is 14.0. The number of ether oxygens (including phenoxy) is 2. The van der Waals surface area contributed by atoms with Crippen molar-refractivity contribution in [2.75, 3.05) is 6.61 Å². The first-order valence-electron chi connectivity index (χ1n) is 7.02. The van der Waals surface area contributed by atoms with Crippen LogP contribution in [0.15, 0.2) is 40.9 Å². The quantitative estimate of drug-likeness (QED) is 0.499. The Bertz CT molecular complexity index is 900. The summed E-state index contributed by atoms with van der Waals surface area (Å²) >= 11 is 4.14. The topological polar surface area (TPSA) is 35.5 Å². The monoisotopic (exact) mass is 412 g/mol. The largest absolute Gasteiger partial charge is 0.462 e. The molecule has 124 valence electrons. The van der Waals surface area contributed by atoms with Crippen molar-refractivity contribution in [3.8, 4) is 10.8 Å². The number of fused-ring (bicyclic) bond motifs is 1. The van der Waals surface area contributed by atoms with E-state index >= 15 is 0 Å². The summed E-state index contributed by atoms with van der Waals surface area (Å²) in [5, 5.41) is 0.712. The Morgan fingerprint density at radius 2 is 1.88 bits per heavy atom. The van der Waals surface area contributed by atoms with Gasteiger partial charge in [-0.3, -0.25) is 0 Å². The van der Waals surface area contributed by atoms with E-state index < -0.39 is 23.4 Å². The number of halogens is 3. The van der Waals surface area contributed by atoms with Crippen molar-refractivity contribution in [1.82, 2.24) is 0 Å². The van der Waals surface area contributed by atoms with Gasteiger partial charge in [0.25, 0.3) is 0 Å². The molecule has 0 aliphatic rings. The zero-order valence-electron chi connectivity index (χ0n) is 12.4. The van der Waals surface area contributed by atoms with E-state index in [1.165, 1.54) is 0 Å². The zero-order valence-corrected chi connectivity index (χ0v) is 14.8. The molecule has 0 atom stereocenters. The molecule has 1 heterocycles. The molecule has 0 spiro atoms. The molecule has 0 aliphatic heterocycles. The smallest absolute Gasteiger partial charge is 0.343 e. The lowest BCUT2D eigenvalue weighted by Gasteiger charge is -2.09. The van der Waals surface area contributed by atoms with Gasteiger partial charge in [0.2, 0.25) is 0 Å². The second kappa shape index (κ2) is 6.86. The van der Waals surface area contributed by atoms with Gasteiger partial charge >= 0.3 is 5.97 Å². The second-order valence-corrected chi connectivity index (χ2v) is 6.71. The molecule has 0 saturated carbocycles. The lowest BCUT2D eigenvalue weighted by molar-refractivity contribution is 0.0526. The van der Waals surface area contributed by atoms with Crippen LogP contribution in [0.4, 0.5) is 8.78 Å². The van der Waals surface area contributed by atoms with E-state index in [0.717, 1.165) is 28.2 Å². The normalized spacial score (nSPS) is 10.8. The van der Waals surface area contributed by atoms with Gasteiger partial charge in [-0.05, 0) is 25.1 Å². The molecule has 0 fully saturated rings. The summed E-state index contributed by atoms with van der Waals surface area (Å²) in [6.07, 6.45) is 0. The van der Waals surface area contributed by atoms with Crippen LogP contribution in [0.1, 0.15) is 17.3 Å². The molecule has 3 aromatic rings. The highest BCUT2D eigenvalue weighted by Gasteiger charge is 2.24. The fourth-order valence-corrected chi connectivity index (χ4v) is 3.66. The average molecular weight is 413 g/mol. The van der Waals surface area contributed by atoms with Crippen molar-refractivity contribution in [1.29, 1.82) is 0 Å². The number of thiophene rings is 1. The summed E-state index contributed by atoms with van der Waals surface area (Å²) < 4.78 is 39.5. The van der Waals surface area contributed by atoms with Gasteiger partial charge in [0.05, 0.1) is 6.61 Å². The van der Waals surface area contributed by atoms with Gasteiger partial charge in [-0.2, -0.15) is 0 Å². The zero-order chi connectivity index (χ0) is 17.3. The van der Waals surface area contributed by atoms with Crippen LogP contribution in [0, 0.1) is 11.6 Å². The van der Waals surface area contributed by atoms with Crippen LogP contribution in [0.2, 0.25) is 0 Å². The lowest BCUT2D eigenvalue weighted by atomic mass is 10.2. The van der Waals surface area contributed by atoms with E-state index in [1.54, 1.807) is 31.2 Å². The van der Waals surface area contributed by atoms with E-state index in [1.807, 2.05) is 0 Å². The third kappa shape index (κ3) is 3.14. The number of rotatable bonds is 4. The third-order valence-electron chi connectivity index (χ3n) is 3.20. The van der Waals surface area contributed by atoms with Crippen LogP contribution in [0.5, 0.6) is 10.8 Å². The predicted molar refractivity (Wildman–Crippen MR) is 91.9 cm³/mol. The molecule has 3 rings (SSSR count). The number of hydrogen-bond donors (Lipinski definition) is 0. The Balaban J connectivity index is 2.13. The van der Waals surface area contributed by atoms with Gasteiger partial charge in [-0.25, -0.2) is 13.6 Å². The number of esters is 1. The van der Waals surface area contributed by atoms with Gasteiger partial charge in [-0.1, -0.05) is 45.5 Å². The molecular weight excluding hydrogens is 402 g/mol. The Morgan fingerprint density at radius 1 is 1.21 bits per heavy atom. The SMILES string of the molecule is CCOC(=O)c1c(Oc2c(F)cc(Br)cc2F)sc2ccccc12. The molecule has 7 heteroatoms. The molecule has 0 saturated heterocycles. The van der Waals surface area contributed by atoms with Crippen molar-refractivity contribution in [2.24, 2.45) is 0 Å². The second-order valence-electron chi connectivity index (χ2n) is 4.78. The van der Waals surface area contributed by atoms with Crippen molar-refractivity contribution in [2.45, 2.75) is 6.92 Å². The molecule has 0 aliphatic carbocycles. The Kier molecular flexibility index (Phi) is 4.82. The molecule has 0 N–H and O–H groups in total. The molecule has 0 amide bonds. The van der Waals surface area contributed by atoms with Crippen molar-refractivity contribution >= 4 is 43.3 Å². The molecule has 1 aromatic heterocycles. The Labute approximate surface area is 148 Å². The first-order valence-corrected chi connectivity index (χ1v) is 8.63. The van der Waals surface area contributed by atoms with Crippen molar-refractivity contribution in [3.63, 3.8) is 0 Å². The lowest BCUT2D eigenvalue weighted by Crippen LogP contribution is -2.05. The summed E-state index contributed by atoms with van der Waals surface area (Å²) in [6.45, 7) is 1.87. The van der Waals surface area contributed by atoms with Crippen LogP contribution < -0.4 is 4.74 Å². The number of carbonyl (C=O) groups excluding carboxylic acids is 1. The highest BCUT2D eigenvalue weighted by atomic mass is 79.9. The molecule has 0 radical (unpaired) electrons. The van der Waals surface area contributed by atoms with Crippen LogP contribution in [0.3, 0.4) is 0 Å². The summed E-state index contributed by atoms with van der Waals surface area (Å²) in [4.78, 5) is 12.3. The van der Waals surface area contributed by atoms with Gasteiger partial charge in [0.1, 0.15) is 5.56 Å². The van der Waals surface area contributed by atoms with Crippen LogP contribution >= 0.6 is 27.3 Å². The summed E-state index contributed by atoms with van der Waals surface area (Å²) in [5.41, 5.74) is 0.166. The van der Waals surface area contributed by atoms with E-state index in [4.69, 9.17) is 9.47 Å². The molecule has 3 nitrogen and oxygen atoms in total. The molecule has 0 unspecified atom stereocenters. The Hall–Kier alpha value is -1.99. The fraction of sp³-hybridized carbons (Fsp3) is 0.118. The maximum Gasteiger partial charge on any atom is 0.343 e. The minimum absolute atomic E-state index is 0.0924. The molecular formula is C17H11BrF2O3S. The van der Waals surface area contributed by atoms with Gasteiger partial charge < -0.3 is 9.47 Å². The van der Waals surface area contributed by atoms with Crippen molar-refractivity contribution < 1.29 is 23.0 Å². The highest BCUT2D eigenvalue weighted by Crippen LogP contribution is 2.42. The van der Waals surface area contributed by atoms with E-state index in [9.17, 15) is 13.6 Å². The Morgan fingerprint density at radius 3 is 2.54 bits per heavy atom. The fourth-order valence-electron chi connectivity index (χ4n) is 2.21. The number of hydrogen-bond acceptors (Lipinski definition) is 4. The first kappa shape index (κ1) is 16.9. The summed E-state index contributed by atoms with van der Waals surface area (Å²) in [5.74, 6) is -2.89. The summed E-state index contributed by atoms with van der Waals surface area (Å²) in [6, 6.07) is 9.29. The first-order chi connectivity index (χ1) is 11.5. The number of carbonyl (C=O) groups is 1. The average Bonchev–Trinajstić information content (AvgIpc) is 2.89. The minimum Gasteiger partial charge on any atom is -0.462 e. The summed E-state index contributed by atoms with van der Waals surface area (Å²) in [7, 11) is 0. The van der Waals surface area contributed by atoms with Crippen LogP contribution in [-0.4, -0.2) is 12.6 Å².